The Kier molecular flexibility index (Phi) is 3.17. The van der Waals surface area contributed by atoms with E-state index in [-0.39, 0.29) is 4.75 Å². The van der Waals surface area contributed by atoms with Gasteiger partial charge in [-0.05, 0) is 44.2 Å². The average molecular weight is 237 g/mol. The van der Waals surface area contributed by atoms with Gasteiger partial charge in [-0.3, -0.25) is 0 Å². The molecular formula is C13H19NOS. The van der Waals surface area contributed by atoms with Gasteiger partial charge in [0.15, 0.2) is 0 Å². The van der Waals surface area contributed by atoms with Crippen LogP contribution in [-0.4, -0.2) is 18.9 Å². The number of ether oxygens (including phenoxy) is 1. The van der Waals surface area contributed by atoms with E-state index in [1.54, 1.807) is 7.11 Å². The molecule has 1 unspecified atom stereocenters. The van der Waals surface area contributed by atoms with E-state index in [4.69, 9.17) is 4.74 Å². The molecule has 0 saturated heterocycles. The molecule has 3 heteroatoms. The highest BCUT2D eigenvalue weighted by Gasteiger charge is 2.35. The normalized spacial score (nSPS) is 22.6. The molecule has 0 aliphatic carbocycles. The summed E-state index contributed by atoms with van der Waals surface area (Å²) < 4.78 is 5.54. The zero-order valence-electron chi connectivity index (χ0n) is 10.3. The van der Waals surface area contributed by atoms with Crippen LogP contribution in [0, 0.1) is 0 Å². The summed E-state index contributed by atoms with van der Waals surface area (Å²) in [7, 11) is 3.75. The Bertz CT molecular complexity index is 390. The van der Waals surface area contributed by atoms with Gasteiger partial charge in [-0.15, -0.1) is 11.8 Å². The minimum Gasteiger partial charge on any atom is -0.497 e. The average Bonchev–Trinajstić information content (AvgIpc) is 2.27. The van der Waals surface area contributed by atoms with Crippen molar-refractivity contribution >= 4 is 11.8 Å². The number of benzene rings is 1. The van der Waals surface area contributed by atoms with Crippen molar-refractivity contribution in [1.82, 2.24) is 5.32 Å². The summed E-state index contributed by atoms with van der Waals surface area (Å²) in [6.07, 6.45) is 0. The van der Waals surface area contributed by atoms with Gasteiger partial charge in [0, 0.05) is 16.5 Å². The van der Waals surface area contributed by atoms with E-state index in [9.17, 15) is 0 Å². The SMILES string of the molecule is CNC1c2cc(OC)ccc2CSC1(C)C. The number of nitrogens with one attached hydrogen (secondary N) is 1. The molecule has 16 heavy (non-hydrogen) atoms. The van der Waals surface area contributed by atoms with Gasteiger partial charge in [0.2, 0.25) is 0 Å². The number of rotatable bonds is 2. The molecule has 0 radical (unpaired) electrons. The van der Waals surface area contributed by atoms with Crippen LogP contribution in [0.3, 0.4) is 0 Å². The predicted molar refractivity (Wildman–Crippen MR) is 70.2 cm³/mol. The molecule has 1 heterocycles. The lowest BCUT2D eigenvalue weighted by Gasteiger charge is -2.39. The lowest BCUT2D eigenvalue weighted by Crippen LogP contribution is -2.38. The zero-order chi connectivity index (χ0) is 11.8. The van der Waals surface area contributed by atoms with Crippen LogP contribution in [0.25, 0.3) is 0 Å². The summed E-state index contributed by atoms with van der Waals surface area (Å²) in [6.45, 7) is 4.59. The number of hydrogen-bond acceptors (Lipinski definition) is 3. The van der Waals surface area contributed by atoms with E-state index >= 15 is 0 Å². The Morgan fingerprint density at radius 2 is 2.19 bits per heavy atom. The summed E-state index contributed by atoms with van der Waals surface area (Å²) >= 11 is 2.01. The molecule has 2 rings (SSSR count). The van der Waals surface area contributed by atoms with Crippen molar-refractivity contribution in [3.8, 4) is 5.75 Å². The largest absolute Gasteiger partial charge is 0.497 e. The van der Waals surface area contributed by atoms with Crippen LogP contribution in [-0.2, 0) is 5.75 Å². The maximum atomic E-state index is 5.31. The van der Waals surface area contributed by atoms with Gasteiger partial charge < -0.3 is 10.1 Å². The minimum absolute atomic E-state index is 0.230. The third-order valence-corrected chi connectivity index (χ3v) is 4.68. The lowest BCUT2D eigenvalue weighted by atomic mass is 9.91. The molecule has 0 bridgehead atoms. The van der Waals surface area contributed by atoms with Crippen molar-refractivity contribution in [1.29, 1.82) is 0 Å². The molecule has 0 saturated carbocycles. The van der Waals surface area contributed by atoms with E-state index in [1.807, 2.05) is 24.9 Å². The molecule has 1 aromatic rings. The lowest BCUT2D eigenvalue weighted by molar-refractivity contribution is 0.410. The molecule has 1 aliphatic heterocycles. The first kappa shape index (κ1) is 11.8. The topological polar surface area (TPSA) is 21.3 Å². The standard InChI is InChI=1S/C13H19NOS/c1-13(2)12(14-3)11-7-10(15-4)6-5-9(11)8-16-13/h5-7,12,14H,8H2,1-4H3. The van der Waals surface area contributed by atoms with Crippen LogP contribution in [0.5, 0.6) is 5.75 Å². The summed E-state index contributed by atoms with van der Waals surface area (Å²) in [6, 6.07) is 6.78. The summed E-state index contributed by atoms with van der Waals surface area (Å²) in [5, 5.41) is 3.43. The number of hydrogen-bond donors (Lipinski definition) is 1. The second-order valence-electron chi connectivity index (χ2n) is 4.68. The fraction of sp³-hybridized carbons (Fsp3) is 0.538. The summed E-state index contributed by atoms with van der Waals surface area (Å²) in [5.41, 5.74) is 2.80. The van der Waals surface area contributed by atoms with Crippen LogP contribution < -0.4 is 10.1 Å². The molecule has 1 aromatic carbocycles. The molecule has 0 spiro atoms. The van der Waals surface area contributed by atoms with E-state index in [2.05, 4.69) is 31.3 Å². The Labute approximate surface area is 102 Å². The van der Waals surface area contributed by atoms with Crippen molar-refractivity contribution in [2.75, 3.05) is 14.2 Å². The molecule has 0 amide bonds. The minimum atomic E-state index is 0.230. The Balaban J connectivity index is 2.46. The van der Waals surface area contributed by atoms with E-state index in [0.717, 1.165) is 11.5 Å². The van der Waals surface area contributed by atoms with Gasteiger partial charge in [0.1, 0.15) is 5.75 Å². The summed E-state index contributed by atoms with van der Waals surface area (Å²) in [5.74, 6) is 2.03. The van der Waals surface area contributed by atoms with Gasteiger partial charge in [-0.1, -0.05) is 6.07 Å². The zero-order valence-corrected chi connectivity index (χ0v) is 11.1. The van der Waals surface area contributed by atoms with Gasteiger partial charge in [0.25, 0.3) is 0 Å². The van der Waals surface area contributed by atoms with Gasteiger partial charge >= 0.3 is 0 Å². The van der Waals surface area contributed by atoms with Gasteiger partial charge in [0.05, 0.1) is 7.11 Å². The monoisotopic (exact) mass is 237 g/mol. The number of methoxy groups -OCH3 is 1. The quantitative estimate of drug-likeness (QED) is 0.854. The maximum absolute atomic E-state index is 5.31. The third kappa shape index (κ3) is 1.94. The Morgan fingerprint density at radius 3 is 2.81 bits per heavy atom. The van der Waals surface area contributed by atoms with Crippen molar-refractivity contribution in [2.45, 2.75) is 30.4 Å². The molecule has 1 aliphatic rings. The second kappa shape index (κ2) is 4.30. The first-order valence-corrected chi connectivity index (χ1v) is 6.55. The molecular weight excluding hydrogens is 218 g/mol. The number of thioether (sulfide) groups is 1. The second-order valence-corrected chi connectivity index (χ2v) is 6.31. The Morgan fingerprint density at radius 1 is 1.44 bits per heavy atom. The van der Waals surface area contributed by atoms with Crippen LogP contribution >= 0.6 is 11.8 Å². The highest BCUT2D eigenvalue weighted by Crippen LogP contribution is 2.46. The highest BCUT2D eigenvalue weighted by molar-refractivity contribution is 8.00. The highest BCUT2D eigenvalue weighted by atomic mass is 32.2. The maximum Gasteiger partial charge on any atom is 0.119 e. The first-order chi connectivity index (χ1) is 7.58. The predicted octanol–water partition coefficient (Wildman–Crippen LogP) is 2.98. The molecule has 0 fully saturated rings. The van der Waals surface area contributed by atoms with Crippen molar-refractivity contribution < 1.29 is 4.74 Å². The third-order valence-electron chi connectivity index (χ3n) is 3.25. The van der Waals surface area contributed by atoms with E-state index in [1.165, 1.54) is 11.1 Å². The smallest absolute Gasteiger partial charge is 0.119 e. The number of fused-ring (bicyclic) bond motifs is 1. The van der Waals surface area contributed by atoms with Crippen molar-refractivity contribution in [3.05, 3.63) is 29.3 Å². The van der Waals surface area contributed by atoms with E-state index in [0.29, 0.717) is 6.04 Å². The van der Waals surface area contributed by atoms with Crippen LogP contribution in [0.4, 0.5) is 0 Å². The van der Waals surface area contributed by atoms with Gasteiger partial charge in [-0.25, -0.2) is 0 Å². The van der Waals surface area contributed by atoms with Crippen LogP contribution in [0.1, 0.15) is 31.0 Å². The van der Waals surface area contributed by atoms with Crippen LogP contribution in [0.2, 0.25) is 0 Å². The van der Waals surface area contributed by atoms with Crippen molar-refractivity contribution in [3.63, 3.8) is 0 Å². The molecule has 0 aromatic heterocycles. The first-order valence-electron chi connectivity index (χ1n) is 5.56. The Hall–Kier alpha value is -0.670. The molecule has 2 nitrogen and oxygen atoms in total. The molecule has 88 valence electrons. The van der Waals surface area contributed by atoms with Crippen LogP contribution in [0.15, 0.2) is 18.2 Å². The van der Waals surface area contributed by atoms with Crippen molar-refractivity contribution in [2.24, 2.45) is 0 Å². The molecule has 1 atom stereocenters. The van der Waals surface area contributed by atoms with Gasteiger partial charge in [-0.2, -0.15) is 0 Å². The fourth-order valence-corrected chi connectivity index (χ4v) is 3.53. The summed E-state index contributed by atoms with van der Waals surface area (Å²) in [4.78, 5) is 0. The molecule has 1 N–H and O–H groups in total. The fourth-order valence-electron chi connectivity index (χ4n) is 2.32. The van der Waals surface area contributed by atoms with E-state index < -0.39 is 0 Å².